The van der Waals surface area contributed by atoms with Gasteiger partial charge in [0.15, 0.2) is 0 Å². The van der Waals surface area contributed by atoms with Crippen LogP contribution in [0.5, 0.6) is 0 Å². The summed E-state index contributed by atoms with van der Waals surface area (Å²) < 4.78 is 16.1. The van der Waals surface area contributed by atoms with Gasteiger partial charge >= 0.3 is 0 Å². The molecule has 0 amide bonds. The fourth-order valence-corrected chi connectivity index (χ4v) is 7.68. The number of aromatic nitrogens is 1. The molecule has 1 aliphatic rings. The number of rotatable bonds is 5. The van der Waals surface area contributed by atoms with Crippen LogP contribution in [-0.2, 0) is 5.41 Å². The first-order valence-corrected chi connectivity index (χ1v) is 16.5. The summed E-state index contributed by atoms with van der Waals surface area (Å²) in [5.74, 6) is -0.237. The maximum absolute atomic E-state index is 13.9. The second-order valence-corrected chi connectivity index (χ2v) is 13.2. The number of anilines is 3. The fourth-order valence-electron chi connectivity index (χ4n) is 7.68. The van der Waals surface area contributed by atoms with Crippen molar-refractivity contribution in [3.8, 4) is 27.9 Å². The van der Waals surface area contributed by atoms with E-state index in [1.807, 2.05) is 12.1 Å². The van der Waals surface area contributed by atoms with Gasteiger partial charge in [0.2, 0.25) is 0 Å². The third-order valence-corrected chi connectivity index (χ3v) is 10.1. The van der Waals surface area contributed by atoms with Crippen LogP contribution < -0.4 is 4.90 Å². The Balaban J connectivity index is 1.14. The molecule has 0 aliphatic heterocycles. The Morgan fingerprint density at radius 3 is 1.92 bits per heavy atom. The molecule has 2 nitrogen and oxygen atoms in total. The van der Waals surface area contributed by atoms with E-state index in [1.54, 1.807) is 0 Å². The summed E-state index contributed by atoms with van der Waals surface area (Å²) >= 11 is 0. The van der Waals surface area contributed by atoms with E-state index in [4.69, 9.17) is 0 Å². The van der Waals surface area contributed by atoms with Crippen LogP contribution in [0.15, 0.2) is 164 Å². The second kappa shape index (κ2) is 10.8. The molecule has 0 radical (unpaired) electrons. The van der Waals surface area contributed by atoms with Gasteiger partial charge in [-0.2, -0.15) is 0 Å². The summed E-state index contributed by atoms with van der Waals surface area (Å²) in [5, 5.41) is 2.35. The van der Waals surface area contributed by atoms with Crippen molar-refractivity contribution in [2.75, 3.05) is 4.90 Å². The minimum absolute atomic E-state index is 0.0802. The third-order valence-electron chi connectivity index (χ3n) is 10.1. The van der Waals surface area contributed by atoms with Gasteiger partial charge in [0.25, 0.3) is 0 Å². The molecule has 0 bridgehead atoms. The fraction of sp³-hybridized carbons (Fsp3) is 0.0667. The van der Waals surface area contributed by atoms with Gasteiger partial charge in [-0.3, -0.25) is 0 Å². The van der Waals surface area contributed by atoms with E-state index in [-0.39, 0.29) is 11.2 Å². The van der Waals surface area contributed by atoms with Crippen molar-refractivity contribution < 1.29 is 4.39 Å². The van der Waals surface area contributed by atoms with E-state index < -0.39 is 0 Å². The largest absolute Gasteiger partial charge is 0.310 e. The lowest BCUT2D eigenvalue weighted by molar-refractivity contribution is 0.627. The maximum atomic E-state index is 13.9. The molecule has 1 aliphatic carbocycles. The minimum atomic E-state index is -0.237. The number of hydrogen-bond donors (Lipinski definition) is 0. The standard InChI is InChI=1S/C45H33FN2/c1-45(2)41-14-8-6-12-37(41)38-27-25-36(29-42(38)45)47(33-10-4-3-5-11-33)34-21-16-30(17-22-34)31-18-26-40-39-13-7-9-15-43(39)48(44(40)28-31)35-23-19-32(46)20-24-35/h3-29H,1-2H3. The predicted octanol–water partition coefficient (Wildman–Crippen LogP) is 12.4. The number of fused-ring (bicyclic) bond motifs is 6. The molecule has 3 heteroatoms. The molecule has 1 heterocycles. The monoisotopic (exact) mass is 620 g/mol. The van der Waals surface area contributed by atoms with E-state index in [9.17, 15) is 4.39 Å². The van der Waals surface area contributed by atoms with Crippen molar-refractivity contribution >= 4 is 38.9 Å². The molecule has 7 aromatic carbocycles. The van der Waals surface area contributed by atoms with E-state index in [2.05, 4.69) is 163 Å². The number of para-hydroxylation sites is 2. The Kier molecular flexibility index (Phi) is 6.38. The molecule has 1 aromatic heterocycles. The quantitative estimate of drug-likeness (QED) is 0.186. The van der Waals surface area contributed by atoms with Gasteiger partial charge in [0.1, 0.15) is 5.82 Å². The molecule has 8 aromatic rings. The molecule has 230 valence electrons. The van der Waals surface area contributed by atoms with E-state index >= 15 is 0 Å². The number of halogens is 1. The molecular weight excluding hydrogens is 588 g/mol. The van der Waals surface area contributed by atoms with Crippen LogP contribution in [0.3, 0.4) is 0 Å². The summed E-state index contributed by atoms with van der Waals surface area (Å²) in [6, 6.07) is 57.0. The zero-order valence-electron chi connectivity index (χ0n) is 26.9. The van der Waals surface area contributed by atoms with Gasteiger partial charge in [-0.05, 0) is 106 Å². The van der Waals surface area contributed by atoms with Gasteiger partial charge in [0, 0.05) is 38.9 Å². The second-order valence-electron chi connectivity index (χ2n) is 13.2. The van der Waals surface area contributed by atoms with Crippen molar-refractivity contribution in [1.29, 1.82) is 0 Å². The zero-order valence-corrected chi connectivity index (χ0v) is 26.9. The molecule has 0 saturated carbocycles. The molecule has 0 N–H and O–H groups in total. The van der Waals surface area contributed by atoms with Crippen molar-refractivity contribution in [2.45, 2.75) is 19.3 Å². The average molecular weight is 621 g/mol. The highest BCUT2D eigenvalue weighted by atomic mass is 19.1. The third kappa shape index (κ3) is 4.39. The first-order valence-electron chi connectivity index (χ1n) is 16.5. The van der Waals surface area contributed by atoms with Gasteiger partial charge in [-0.15, -0.1) is 0 Å². The molecule has 9 rings (SSSR count). The summed E-state index contributed by atoms with van der Waals surface area (Å²) in [6.07, 6.45) is 0. The van der Waals surface area contributed by atoms with Gasteiger partial charge in [0.05, 0.1) is 11.0 Å². The topological polar surface area (TPSA) is 8.17 Å². The van der Waals surface area contributed by atoms with Crippen LogP contribution in [-0.4, -0.2) is 4.57 Å². The smallest absolute Gasteiger partial charge is 0.123 e. The number of benzene rings is 7. The Morgan fingerprint density at radius 2 is 1.10 bits per heavy atom. The Hall–Kier alpha value is -5.93. The average Bonchev–Trinajstić information content (AvgIpc) is 3.58. The maximum Gasteiger partial charge on any atom is 0.123 e. The number of hydrogen-bond acceptors (Lipinski definition) is 1. The van der Waals surface area contributed by atoms with Crippen LogP contribution in [0.2, 0.25) is 0 Å². The molecule has 0 saturated heterocycles. The molecule has 0 spiro atoms. The van der Waals surface area contributed by atoms with Crippen molar-refractivity contribution in [3.05, 3.63) is 181 Å². The van der Waals surface area contributed by atoms with E-state index in [0.29, 0.717) is 0 Å². The van der Waals surface area contributed by atoms with Crippen molar-refractivity contribution in [3.63, 3.8) is 0 Å². The summed E-state index contributed by atoms with van der Waals surface area (Å²) in [6.45, 7) is 4.66. The van der Waals surface area contributed by atoms with Crippen LogP contribution >= 0.6 is 0 Å². The highest BCUT2D eigenvalue weighted by Gasteiger charge is 2.35. The lowest BCUT2D eigenvalue weighted by Crippen LogP contribution is -2.16. The van der Waals surface area contributed by atoms with Crippen LogP contribution in [0, 0.1) is 5.82 Å². The van der Waals surface area contributed by atoms with Gasteiger partial charge in [-0.1, -0.05) is 105 Å². The SMILES string of the molecule is CC1(C)c2ccccc2-c2ccc(N(c3ccccc3)c3ccc(-c4ccc5c6ccccc6n(-c6ccc(F)cc6)c5c4)cc3)cc21. The van der Waals surface area contributed by atoms with E-state index in [0.717, 1.165) is 44.9 Å². The van der Waals surface area contributed by atoms with Crippen LogP contribution in [0.4, 0.5) is 21.5 Å². The number of nitrogens with zero attached hydrogens (tertiary/aromatic N) is 2. The highest BCUT2D eigenvalue weighted by Crippen LogP contribution is 2.50. The van der Waals surface area contributed by atoms with Gasteiger partial charge in [-0.25, -0.2) is 4.39 Å². The lowest BCUT2D eigenvalue weighted by atomic mass is 9.82. The molecule has 0 atom stereocenters. The Bertz CT molecular complexity index is 2470. The zero-order chi connectivity index (χ0) is 32.4. The van der Waals surface area contributed by atoms with Crippen LogP contribution in [0.1, 0.15) is 25.0 Å². The Labute approximate surface area is 280 Å². The molecule has 0 unspecified atom stereocenters. The first-order chi connectivity index (χ1) is 23.5. The Morgan fingerprint density at radius 1 is 0.479 bits per heavy atom. The summed E-state index contributed by atoms with van der Waals surface area (Å²) in [5.41, 5.74) is 14.0. The molecular formula is C45H33FN2. The predicted molar refractivity (Wildman–Crippen MR) is 198 cm³/mol. The van der Waals surface area contributed by atoms with Gasteiger partial charge < -0.3 is 9.47 Å². The normalized spacial score (nSPS) is 13.1. The first kappa shape index (κ1) is 28.3. The summed E-state index contributed by atoms with van der Waals surface area (Å²) in [7, 11) is 0. The van der Waals surface area contributed by atoms with E-state index in [1.165, 1.54) is 45.2 Å². The highest BCUT2D eigenvalue weighted by molar-refractivity contribution is 6.10. The van der Waals surface area contributed by atoms with Crippen molar-refractivity contribution in [2.24, 2.45) is 0 Å². The molecule has 0 fully saturated rings. The van der Waals surface area contributed by atoms with Crippen molar-refractivity contribution in [1.82, 2.24) is 4.57 Å². The minimum Gasteiger partial charge on any atom is -0.310 e. The lowest BCUT2D eigenvalue weighted by Gasteiger charge is -2.28. The van der Waals surface area contributed by atoms with Crippen LogP contribution in [0.25, 0.3) is 49.7 Å². The molecule has 48 heavy (non-hydrogen) atoms. The summed E-state index contributed by atoms with van der Waals surface area (Å²) in [4.78, 5) is 2.35.